The largest absolute Gasteiger partial charge is 0.381 e. The average molecular weight is 437 g/mol. The van der Waals surface area contributed by atoms with Crippen LogP contribution in [0.25, 0.3) is 0 Å². The van der Waals surface area contributed by atoms with Gasteiger partial charge in [-0.15, -0.1) is 24.0 Å². The lowest BCUT2D eigenvalue weighted by molar-refractivity contribution is 0.129. The van der Waals surface area contributed by atoms with Crippen LogP contribution in [0.5, 0.6) is 0 Å². The first kappa shape index (κ1) is 22.1. The van der Waals surface area contributed by atoms with Crippen LogP contribution in [0.15, 0.2) is 29.3 Å². The third-order valence-corrected chi connectivity index (χ3v) is 3.11. The number of nitrogens with one attached hydrogen (secondary N) is 2. The number of nitrogens with zero attached hydrogens (tertiary/aromatic N) is 1. The Labute approximate surface area is 156 Å². The molecule has 0 radical (unpaired) electrons. The third kappa shape index (κ3) is 10.5. The van der Waals surface area contributed by atoms with Crippen molar-refractivity contribution < 1.29 is 9.13 Å². The van der Waals surface area contributed by atoms with Crippen molar-refractivity contribution in [2.75, 3.05) is 26.3 Å². The monoisotopic (exact) mass is 437 g/mol. The summed E-state index contributed by atoms with van der Waals surface area (Å²) in [7, 11) is 0. The molecule has 0 amide bonds. The molecule has 1 aromatic carbocycles. The van der Waals surface area contributed by atoms with Gasteiger partial charge in [0.05, 0.1) is 6.54 Å². The van der Waals surface area contributed by atoms with Gasteiger partial charge in [-0.3, -0.25) is 0 Å². The van der Waals surface area contributed by atoms with Gasteiger partial charge in [0.25, 0.3) is 0 Å². The summed E-state index contributed by atoms with van der Waals surface area (Å²) in [5, 5.41) is 6.40. The quantitative estimate of drug-likeness (QED) is 0.254. The van der Waals surface area contributed by atoms with E-state index in [0.717, 1.165) is 45.6 Å². The zero-order chi connectivity index (χ0) is 16.0. The summed E-state index contributed by atoms with van der Waals surface area (Å²) in [6.07, 6.45) is 3.19. The second-order valence-electron chi connectivity index (χ2n) is 5.03. The summed E-state index contributed by atoms with van der Waals surface area (Å²) in [5.74, 6) is 0.491. The second kappa shape index (κ2) is 14.7. The molecule has 0 aliphatic heterocycles. The van der Waals surface area contributed by atoms with Crippen molar-refractivity contribution in [1.82, 2.24) is 10.6 Å². The second-order valence-corrected chi connectivity index (χ2v) is 5.03. The molecule has 6 heteroatoms. The van der Waals surface area contributed by atoms with E-state index in [0.29, 0.717) is 18.1 Å². The van der Waals surface area contributed by atoms with E-state index in [1.807, 2.05) is 13.0 Å². The summed E-state index contributed by atoms with van der Waals surface area (Å²) in [4.78, 5) is 4.41. The molecule has 132 valence electrons. The Kier molecular flexibility index (Phi) is 14.1. The summed E-state index contributed by atoms with van der Waals surface area (Å²) < 4.78 is 19.1. The van der Waals surface area contributed by atoms with Gasteiger partial charge in [-0.05, 0) is 25.8 Å². The van der Waals surface area contributed by atoms with Crippen LogP contribution in [-0.2, 0) is 11.3 Å². The highest BCUT2D eigenvalue weighted by Crippen LogP contribution is 2.07. The third-order valence-electron chi connectivity index (χ3n) is 3.11. The standard InChI is InChI=1S/C17H28FN3O.HI/c1-3-5-12-22-13-8-11-20-17(19-4-2)21-14-15-9-6-7-10-16(15)18;/h6-7,9-10H,3-5,8,11-14H2,1-2H3,(H2,19,20,21);1H. The Bertz CT molecular complexity index is 444. The van der Waals surface area contributed by atoms with Gasteiger partial charge in [-0.1, -0.05) is 31.5 Å². The SMILES string of the molecule is CCCCOCCCNC(=NCc1ccccc1F)NCC.I. The van der Waals surface area contributed by atoms with E-state index in [1.54, 1.807) is 12.1 Å². The number of benzene rings is 1. The van der Waals surface area contributed by atoms with E-state index in [2.05, 4.69) is 22.5 Å². The lowest BCUT2D eigenvalue weighted by atomic mass is 10.2. The fourth-order valence-corrected chi connectivity index (χ4v) is 1.86. The van der Waals surface area contributed by atoms with Crippen molar-refractivity contribution in [3.8, 4) is 0 Å². The van der Waals surface area contributed by atoms with E-state index in [1.165, 1.54) is 6.07 Å². The van der Waals surface area contributed by atoms with Crippen LogP contribution in [0, 0.1) is 5.82 Å². The minimum atomic E-state index is -0.216. The number of guanidine groups is 1. The van der Waals surface area contributed by atoms with Gasteiger partial charge in [0.1, 0.15) is 5.82 Å². The minimum Gasteiger partial charge on any atom is -0.381 e. The molecule has 0 spiro atoms. The number of ether oxygens (including phenoxy) is 1. The van der Waals surface area contributed by atoms with Gasteiger partial charge in [0.2, 0.25) is 0 Å². The smallest absolute Gasteiger partial charge is 0.191 e. The first-order valence-corrected chi connectivity index (χ1v) is 8.11. The topological polar surface area (TPSA) is 45.6 Å². The fourth-order valence-electron chi connectivity index (χ4n) is 1.86. The van der Waals surface area contributed by atoms with Crippen LogP contribution in [0.2, 0.25) is 0 Å². The van der Waals surface area contributed by atoms with Crippen molar-refractivity contribution in [2.24, 2.45) is 4.99 Å². The molecule has 1 aromatic rings. The summed E-state index contributed by atoms with van der Waals surface area (Å²) in [5.41, 5.74) is 0.600. The van der Waals surface area contributed by atoms with Crippen LogP contribution < -0.4 is 10.6 Å². The van der Waals surface area contributed by atoms with Gasteiger partial charge in [0.15, 0.2) is 5.96 Å². The summed E-state index contributed by atoms with van der Waals surface area (Å²) in [6.45, 7) is 7.63. The maximum atomic E-state index is 13.6. The molecular weight excluding hydrogens is 408 g/mol. The molecule has 23 heavy (non-hydrogen) atoms. The van der Waals surface area contributed by atoms with Crippen molar-refractivity contribution in [2.45, 2.75) is 39.7 Å². The number of unbranched alkanes of at least 4 members (excludes halogenated alkanes) is 1. The fraction of sp³-hybridized carbons (Fsp3) is 0.588. The highest BCUT2D eigenvalue weighted by molar-refractivity contribution is 14.0. The number of halogens is 2. The highest BCUT2D eigenvalue weighted by Gasteiger charge is 2.01. The molecule has 0 heterocycles. The van der Waals surface area contributed by atoms with E-state index in [9.17, 15) is 4.39 Å². The lowest BCUT2D eigenvalue weighted by Gasteiger charge is -2.11. The normalized spacial score (nSPS) is 11.0. The number of aliphatic imine (C=N–C) groups is 1. The highest BCUT2D eigenvalue weighted by atomic mass is 127. The Morgan fingerprint density at radius 3 is 2.57 bits per heavy atom. The average Bonchev–Trinajstić information content (AvgIpc) is 2.53. The molecule has 0 unspecified atom stereocenters. The zero-order valence-electron chi connectivity index (χ0n) is 14.1. The van der Waals surface area contributed by atoms with Crippen LogP contribution in [0.1, 0.15) is 38.7 Å². The van der Waals surface area contributed by atoms with Crippen LogP contribution in [0.3, 0.4) is 0 Å². The van der Waals surface area contributed by atoms with Crippen LogP contribution >= 0.6 is 24.0 Å². The predicted molar refractivity (Wildman–Crippen MR) is 105 cm³/mol. The molecule has 2 N–H and O–H groups in total. The summed E-state index contributed by atoms with van der Waals surface area (Å²) in [6, 6.07) is 6.72. The molecule has 0 aromatic heterocycles. The van der Waals surface area contributed by atoms with Crippen molar-refractivity contribution in [3.63, 3.8) is 0 Å². The molecule has 0 bridgehead atoms. The van der Waals surface area contributed by atoms with Crippen LogP contribution in [0.4, 0.5) is 4.39 Å². The molecule has 0 aliphatic carbocycles. The van der Waals surface area contributed by atoms with Crippen molar-refractivity contribution in [1.29, 1.82) is 0 Å². The number of hydrogen-bond donors (Lipinski definition) is 2. The molecule has 0 saturated carbocycles. The van der Waals surface area contributed by atoms with Crippen LogP contribution in [-0.4, -0.2) is 32.3 Å². The van der Waals surface area contributed by atoms with Crippen molar-refractivity contribution in [3.05, 3.63) is 35.6 Å². The van der Waals surface area contributed by atoms with Gasteiger partial charge in [0, 0.05) is 31.9 Å². The molecule has 0 fully saturated rings. The predicted octanol–water partition coefficient (Wildman–Crippen LogP) is 3.71. The Morgan fingerprint density at radius 2 is 1.87 bits per heavy atom. The first-order chi connectivity index (χ1) is 10.8. The summed E-state index contributed by atoms with van der Waals surface area (Å²) >= 11 is 0. The lowest BCUT2D eigenvalue weighted by Crippen LogP contribution is -2.38. The van der Waals surface area contributed by atoms with Gasteiger partial charge in [-0.25, -0.2) is 9.38 Å². The number of rotatable bonds is 10. The van der Waals surface area contributed by atoms with Gasteiger partial charge >= 0.3 is 0 Å². The van der Waals surface area contributed by atoms with Gasteiger partial charge in [-0.2, -0.15) is 0 Å². The zero-order valence-corrected chi connectivity index (χ0v) is 16.4. The molecule has 0 aliphatic rings. The molecule has 1 rings (SSSR count). The maximum Gasteiger partial charge on any atom is 0.191 e. The number of hydrogen-bond acceptors (Lipinski definition) is 2. The van der Waals surface area contributed by atoms with Gasteiger partial charge < -0.3 is 15.4 Å². The van der Waals surface area contributed by atoms with E-state index < -0.39 is 0 Å². The Morgan fingerprint density at radius 1 is 1.13 bits per heavy atom. The maximum absolute atomic E-state index is 13.6. The molecule has 4 nitrogen and oxygen atoms in total. The first-order valence-electron chi connectivity index (χ1n) is 8.11. The Hall–Kier alpha value is -0.890. The van der Waals surface area contributed by atoms with E-state index >= 15 is 0 Å². The molecular formula is C17H29FIN3O. The molecule has 0 atom stereocenters. The van der Waals surface area contributed by atoms with Crippen molar-refractivity contribution >= 4 is 29.9 Å². The molecule has 0 saturated heterocycles. The van der Waals surface area contributed by atoms with E-state index in [-0.39, 0.29) is 29.8 Å². The van der Waals surface area contributed by atoms with E-state index in [4.69, 9.17) is 4.74 Å². The minimum absolute atomic E-state index is 0. The Balaban J connectivity index is 0.00000484.